The number of hydrogen-bond donors (Lipinski definition) is 1. The minimum Gasteiger partial charge on any atom is -0.326 e. The molecule has 132 valence electrons. The lowest BCUT2D eigenvalue weighted by atomic mass is 9.95. The van der Waals surface area contributed by atoms with E-state index in [4.69, 9.17) is 34.8 Å². The standard InChI is InChI=1S/C19H19Cl3N2O/c20-14-4-6-15(7-5-14)23-19(25)13-8-10-24(11-9-13)12-16-17(21)2-1-3-18(16)22/h1-7,13H,8-12H2,(H,23,25). The normalized spacial score (nSPS) is 16.0. The molecule has 3 nitrogen and oxygen atoms in total. The summed E-state index contributed by atoms with van der Waals surface area (Å²) in [5.74, 6) is 0.0893. The third-order valence-electron chi connectivity index (χ3n) is 4.51. The molecule has 0 atom stereocenters. The van der Waals surface area contributed by atoms with Gasteiger partial charge in [0.05, 0.1) is 0 Å². The molecule has 0 spiro atoms. The Bertz CT molecular complexity index is 721. The smallest absolute Gasteiger partial charge is 0.227 e. The molecule has 0 aliphatic carbocycles. The minimum absolute atomic E-state index is 0.0219. The van der Waals surface area contributed by atoms with E-state index in [1.54, 1.807) is 12.1 Å². The van der Waals surface area contributed by atoms with Gasteiger partial charge in [0.1, 0.15) is 0 Å². The molecule has 2 aromatic rings. The van der Waals surface area contributed by atoms with Crippen molar-refractivity contribution in [2.75, 3.05) is 18.4 Å². The summed E-state index contributed by atoms with van der Waals surface area (Å²) in [6, 6.07) is 12.7. The van der Waals surface area contributed by atoms with Gasteiger partial charge in [-0.1, -0.05) is 40.9 Å². The highest BCUT2D eigenvalue weighted by Crippen LogP contribution is 2.28. The number of benzene rings is 2. The number of amides is 1. The van der Waals surface area contributed by atoms with Crippen LogP contribution in [0.2, 0.25) is 15.1 Å². The van der Waals surface area contributed by atoms with Crippen molar-refractivity contribution in [1.82, 2.24) is 4.90 Å². The van der Waals surface area contributed by atoms with Crippen molar-refractivity contribution in [3.63, 3.8) is 0 Å². The van der Waals surface area contributed by atoms with Gasteiger partial charge in [-0.3, -0.25) is 9.69 Å². The van der Waals surface area contributed by atoms with Gasteiger partial charge in [0.15, 0.2) is 0 Å². The molecule has 0 saturated carbocycles. The Morgan fingerprint density at radius 1 is 1.00 bits per heavy atom. The molecule has 0 radical (unpaired) electrons. The third-order valence-corrected chi connectivity index (χ3v) is 5.47. The molecule has 1 fully saturated rings. The molecular weight excluding hydrogens is 379 g/mol. The highest BCUT2D eigenvalue weighted by atomic mass is 35.5. The van der Waals surface area contributed by atoms with E-state index in [9.17, 15) is 4.79 Å². The Hall–Kier alpha value is -1.26. The first kappa shape index (κ1) is 18.5. The summed E-state index contributed by atoms with van der Waals surface area (Å²) in [5, 5.41) is 5.00. The van der Waals surface area contributed by atoms with E-state index in [0.29, 0.717) is 21.6 Å². The fourth-order valence-electron chi connectivity index (χ4n) is 3.04. The van der Waals surface area contributed by atoms with E-state index in [1.165, 1.54) is 0 Å². The summed E-state index contributed by atoms with van der Waals surface area (Å²) in [7, 11) is 0. The molecule has 1 amide bonds. The average molecular weight is 398 g/mol. The lowest BCUT2D eigenvalue weighted by Crippen LogP contribution is -2.37. The molecule has 1 N–H and O–H groups in total. The second kappa shape index (κ2) is 8.41. The number of hydrogen-bond acceptors (Lipinski definition) is 2. The maximum atomic E-state index is 12.4. The van der Waals surface area contributed by atoms with Crippen LogP contribution in [0.25, 0.3) is 0 Å². The van der Waals surface area contributed by atoms with Crippen LogP contribution in [0.5, 0.6) is 0 Å². The van der Waals surface area contributed by atoms with Crippen LogP contribution in [0, 0.1) is 5.92 Å². The Labute approximate surface area is 162 Å². The van der Waals surface area contributed by atoms with Gasteiger partial charge in [0.25, 0.3) is 0 Å². The first-order chi connectivity index (χ1) is 12.0. The molecule has 2 aromatic carbocycles. The molecule has 0 unspecified atom stereocenters. The summed E-state index contributed by atoms with van der Waals surface area (Å²) in [6.07, 6.45) is 1.64. The van der Waals surface area contributed by atoms with Gasteiger partial charge in [-0.2, -0.15) is 0 Å². The van der Waals surface area contributed by atoms with Crippen LogP contribution < -0.4 is 5.32 Å². The second-order valence-corrected chi connectivity index (χ2v) is 7.50. The first-order valence-corrected chi connectivity index (χ1v) is 9.38. The molecule has 1 aliphatic heterocycles. The van der Waals surface area contributed by atoms with Crippen molar-refractivity contribution in [2.45, 2.75) is 19.4 Å². The monoisotopic (exact) mass is 396 g/mol. The summed E-state index contributed by atoms with van der Waals surface area (Å²) < 4.78 is 0. The van der Waals surface area contributed by atoms with Crippen LogP contribution in [-0.4, -0.2) is 23.9 Å². The highest BCUT2D eigenvalue weighted by molar-refractivity contribution is 6.36. The topological polar surface area (TPSA) is 32.3 Å². The summed E-state index contributed by atoms with van der Waals surface area (Å²) in [6.45, 7) is 2.41. The van der Waals surface area contributed by atoms with Crippen LogP contribution in [0.3, 0.4) is 0 Å². The second-order valence-electron chi connectivity index (χ2n) is 6.25. The lowest BCUT2D eigenvalue weighted by Gasteiger charge is -2.31. The van der Waals surface area contributed by atoms with Gasteiger partial charge in [0, 0.05) is 38.8 Å². The number of carbonyl (C=O) groups is 1. The molecule has 3 rings (SSSR count). The van der Waals surface area contributed by atoms with Gasteiger partial charge in [-0.15, -0.1) is 0 Å². The third kappa shape index (κ3) is 4.89. The number of nitrogens with one attached hydrogen (secondary N) is 1. The minimum atomic E-state index is 0.0219. The summed E-state index contributed by atoms with van der Waals surface area (Å²) in [4.78, 5) is 14.7. The van der Waals surface area contributed by atoms with Crippen LogP contribution in [-0.2, 0) is 11.3 Å². The van der Waals surface area contributed by atoms with Crippen LogP contribution in [0.1, 0.15) is 18.4 Å². The SMILES string of the molecule is O=C(Nc1ccc(Cl)cc1)C1CCN(Cc2c(Cl)cccc2Cl)CC1. The van der Waals surface area contributed by atoms with Gasteiger partial charge in [-0.05, 0) is 62.3 Å². The molecular formula is C19H19Cl3N2O. The maximum Gasteiger partial charge on any atom is 0.227 e. The summed E-state index contributed by atoms with van der Waals surface area (Å²) in [5.41, 5.74) is 1.73. The van der Waals surface area contributed by atoms with Gasteiger partial charge in [0.2, 0.25) is 5.91 Å². The van der Waals surface area contributed by atoms with Crippen molar-refractivity contribution in [3.05, 3.63) is 63.1 Å². The molecule has 1 saturated heterocycles. The van der Waals surface area contributed by atoms with E-state index < -0.39 is 0 Å². The number of piperidine rings is 1. The molecule has 0 aromatic heterocycles. The Kier molecular flexibility index (Phi) is 6.24. The Morgan fingerprint density at radius 2 is 1.60 bits per heavy atom. The maximum absolute atomic E-state index is 12.4. The number of likely N-dealkylation sites (tertiary alicyclic amines) is 1. The predicted molar refractivity (Wildman–Crippen MR) is 105 cm³/mol. The summed E-state index contributed by atoms with van der Waals surface area (Å²) >= 11 is 18.4. The number of halogens is 3. The van der Waals surface area contributed by atoms with E-state index in [2.05, 4.69) is 10.2 Å². The van der Waals surface area contributed by atoms with Crippen molar-refractivity contribution in [1.29, 1.82) is 0 Å². The van der Waals surface area contributed by atoms with Crippen molar-refractivity contribution in [3.8, 4) is 0 Å². The van der Waals surface area contributed by atoms with Crippen molar-refractivity contribution >= 4 is 46.4 Å². The fourth-order valence-corrected chi connectivity index (χ4v) is 3.68. The lowest BCUT2D eigenvalue weighted by molar-refractivity contribution is -0.121. The van der Waals surface area contributed by atoms with Gasteiger partial charge >= 0.3 is 0 Å². The fraction of sp³-hybridized carbons (Fsp3) is 0.316. The molecule has 25 heavy (non-hydrogen) atoms. The quantitative estimate of drug-likeness (QED) is 0.739. The molecule has 0 bridgehead atoms. The van der Waals surface area contributed by atoms with E-state index in [1.807, 2.05) is 30.3 Å². The predicted octanol–water partition coefficient (Wildman–Crippen LogP) is 5.50. The number of carbonyl (C=O) groups excluding carboxylic acids is 1. The zero-order chi connectivity index (χ0) is 17.8. The Balaban J connectivity index is 1.53. The van der Waals surface area contributed by atoms with Crippen molar-refractivity contribution in [2.24, 2.45) is 5.92 Å². The van der Waals surface area contributed by atoms with Crippen LogP contribution >= 0.6 is 34.8 Å². The zero-order valence-electron chi connectivity index (χ0n) is 13.6. The Morgan fingerprint density at radius 3 is 2.20 bits per heavy atom. The highest BCUT2D eigenvalue weighted by Gasteiger charge is 2.25. The number of anilines is 1. The van der Waals surface area contributed by atoms with Gasteiger partial charge in [-0.25, -0.2) is 0 Å². The van der Waals surface area contributed by atoms with E-state index in [0.717, 1.165) is 37.2 Å². The largest absolute Gasteiger partial charge is 0.326 e. The van der Waals surface area contributed by atoms with Crippen molar-refractivity contribution < 1.29 is 4.79 Å². The molecule has 6 heteroatoms. The van der Waals surface area contributed by atoms with Crippen LogP contribution in [0.15, 0.2) is 42.5 Å². The number of rotatable bonds is 4. The molecule has 1 heterocycles. The number of nitrogens with zero attached hydrogens (tertiary/aromatic N) is 1. The van der Waals surface area contributed by atoms with Gasteiger partial charge < -0.3 is 5.32 Å². The first-order valence-electron chi connectivity index (χ1n) is 8.24. The average Bonchev–Trinajstić information content (AvgIpc) is 2.61. The van der Waals surface area contributed by atoms with E-state index in [-0.39, 0.29) is 11.8 Å². The van der Waals surface area contributed by atoms with Crippen LogP contribution in [0.4, 0.5) is 5.69 Å². The zero-order valence-corrected chi connectivity index (χ0v) is 15.9. The molecule has 1 aliphatic rings. The van der Waals surface area contributed by atoms with E-state index >= 15 is 0 Å².